The first-order valence-electron chi connectivity index (χ1n) is 8.17. The van der Waals surface area contributed by atoms with E-state index in [0.717, 1.165) is 18.4 Å². The molecule has 3 rings (SSSR count). The second-order valence-electron chi connectivity index (χ2n) is 7.40. The highest BCUT2D eigenvalue weighted by Crippen LogP contribution is 2.58. The van der Waals surface area contributed by atoms with Crippen molar-refractivity contribution in [2.75, 3.05) is 10.6 Å². The molecule has 1 aromatic rings. The van der Waals surface area contributed by atoms with Crippen molar-refractivity contribution < 1.29 is 19.5 Å². The molecule has 0 radical (unpaired) electrons. The highest BCUT2D eigenvalue weighted by atomic mass is 16.4. The Bertz CT molecular complexity index is 722. The molecule has 2 aliphatic carbocycles. The van der Waals surface area contributed by atoms with E-state index in [0.29, 0.717) is 11.4 Å². The molecule has 6 nitrogen and oxygen atoms in total. The van der Waals surface area contributed by atoms with Crippen LogP contribution in [-0.2, 0) is 14.4 Å². The van der Waals surface area contributed by atoms with E-state index in [2.05, 4.69) is 10.6 Å². The number of amides is 2. The van der Waals surface area contributed by atoms with E-state index < -0.39 is 23.2 Å². The van der Waals surface area contributed by atoms with E-state index in [1.54, 1.807) is 26.0 Å². The summed E-state index contributed by atoms with van der Waals surface area (Å²) in [6.45, 7) is 5.43. The van der Waals surface area contributed by atoms with Gasteiger partial charge in [0, 0.05) is 17.3 Å². The summed E-state index contributed by atoms with van der Waals surface area (Å²) in [5.41, 5.74) is 1.55. The Morgan fingerprint density at radius 1 is 1.08 bits per heavy atom. The van der Waals surface area contributed by atoms with Gasteiger partial charge in [0.25, 0.3) is 0 Å². The molecule has 24 heavy (non-hydrogen) atoms. The van der Waals surface area contributed by atoms with Gasteiger partial charge in [-0.2, -0.15) is 0 Å². The number of carboxylic acid groups (broad SMARTS) is 1. The maximum atomic E-state index is 12.4. The van der Waals surface area contributed by atoms with E-state index >= 15 is 0 Å². The van der Waals surface area contributed by atoms with Crippen molar-refractivity contribution in [1.29, 1.82) is 0 Å². The monoisotopic (exact) mass is 330 g/mol. The second-order valence-corrected chi connectivity index (χ2v) is 7.40. The van der Waals surface area contributed by atoms with Gasteiger partial charge >= 0.3 is 5.97 Å². The number of aliphatic carboxylic acids is 1. The summed E-state index contributed by atoms with van der Waals surface area (Å²) in [7, 11) is 0. The number of nitrogens with one attached hydrogen (secondary N) is 2. The van der Waals surface area contributed by atoms with Gasteiger partial charge in [0.1, 0.15) is 0 Å². The van der Waals surface area contributed by atoms with Gasteiger partial charge in [0.2, 0.25) is 11.8 Å². The summed E-state index contributed by atoms with van der Waals surface area (Å²) < 4.78 is 0. The third kappa shape index (κ3) is 3.00. The quantitative estimate of drug-likeness (QED) is 0.773. The number of aryl methyl sites for hydroxylation is 1. The number of carbonyl (C=O) groups excluding carboxylic acids is 2. The molecule has 0 aliphatic heterocycles. The molecule has 2 atom stereocenters. The lowest BCUT2D eigenvalue weighted by Crippen LogP contribution is -2.19. The van der Waals surface area contributed by atoms with Gasteiger partial charge in [-0.25, -0.2) is 0 Å². The fourth-order valence-electron chi connectivity index (χ4n) is 3.22. The molecule has 6 heteroatoms. The standard InChI is InChI=1S/C18H22N2O4/c1-9-4-7-11(19-15(21)10-5-6-10)8-12(9)20-16(22)13-14(17(23)24)18(13,2)3/h4,7-8,10,13-14H,5-6H2,1-3H3,(H,19,21)(H,20,22)(H,23,24)/t13-,14+/m0/s1. The Balaban J connectivity index is 1.71. The lowest BCUT2D eigenvalue weighted by Gasteiger charge is -2.12. The SMILES string of the molecule is Cc1ccc(NC(=O)C2CC2)cc1NC(=O)[C@@H]1[C@H](C(=O)O)C1(C)C. The Labute approximate surface area is 140 Å². The van der Waals surface area contributed by atoms with Crippen LogP contribution in [0, 0.1) is 30.1 Å². The summed E-state index contributed by atoms with van der Waals surface area (Å²) in [4.78, 5) is 35.5. The fraction of sp³-hybridized carbons (Fsp3) is 0.500. The molecule has 1 aromatic carbocycles. The van der Waals surface area contributed by atoms with Crippen LogP contribution in [0.4, 0.5) is 11.4 Å². The van der Waals surface area contributed by atoms with E-state index in [1.807, 2.05) is 13.0 Å². The van der Waals surface area contributed by atoms with Crippen molar-refractivity contribution >= 4 is 29.2 Å². The van der Waals surface area contributed by atoms with Crippen LogP contribution in [0.1, 0.15) is 32.3 Å². The molecular weight excluding hydrogens is 308 g/mol. The highest BCUT2D eigenvalue weighted by Gasteiger charge is 2.65. The van der Waals surface area contributed by atoms with Crippen LogP contribution in [0.3, 0.4) is 0 Å². The lowest BCUT2D eigenvalue weighted by atomic mass is 10.1. The topological polar surface area (TPSA) is 95.5 Å². The summed E-state index contributed by atoms with van der Waals surface area (Å²) in [6, 6.07) is 5.34. The van der Waals surface area contributed by atoms with Crippen molar-refractivity contribution in [1.82, 2.24) is 0 Å². The number of carboxylic acids is 1. The second kappa shape index (κ2) is 5.61. The minimum atomic E-state index is -0.942. The van der Waals surface area contributed by atoms with Gasteiger partial charge in [-0.15, -0.1) is 0 Å². The van der Waals surface area contributed by atoms with Crippen molar-refractivity contribution in [2.45, 2.75) is 33.6 Å². The number of rotatable bonds is 5. The Morgan fingerprint density at radius 2 is 1.75 bits per heavy atom. The zero-order valence-corrected chi connectivity index (χ0v) is 14.1. The summed E-state index contributed by atoms with van der Waals surface area (Å²) in [6.07, 6.45) is 1.85. The Morgan fingerprint density at radius 3 is 2.29 bits per heavy atom. The number of benzene rings is 1. The number of carbonyl (C=O) groups is 3. The van der Waals surface area contributed by atoms with E-state index in [9.17, 15) is 19.5 Å². The molecule has 2 fully saturated rings. The van der Waals surface area contributed by atoms with Gasteiger partial charge in [0.05, 0.1) is 11.8 Å². The van der Waals surface area contributed by atoms with Crippen LogP contribution in [0.25, 0.3) is 0 Å². The zero-order valence-electron chi connectivity index (χ0n) is 14.1. The molecule has 0 aromatic heterocycles. The zero-order chi connectivity index (χ0) is 17.6. The van der Waals surface area contributed by atoms with Crippen molar-refractivity contribution in [3.8, 4) is 0 Å². The highest BCUT2D eigenvalue weighted by molar-refractivity contribution is 6.01. The maximum Gasteiger partial charge on any atom is 0.307 e. The third-order valence-electron chi connectivity index (χ3n) is 5.09. The molecule has 0 spiro atoms. The smallest absolute Gasteiger partial charge is 0.307 e. The first-order valence-corrected chi connectivity index (χ1v) is 8.17. The van der Waals surface area contributed by atoms with Crippen LogP contribution < -0.4 is 10.6 Å². The van der Waals surface area contributed by atoms with Crippen molar-refractivity contribution in [3.05, 3.63) is 23.8 Å². The molecule has 2 saturated carbocycles. The number of hydrogen-bond acceptors (Lipinski definition) is 3. The predicted octanol–water partition coefficient (Wildman–Crippen LogP) is 2.64. The minimum absolute atomic E-state index is 0.00500. The third-order valence-corrected chi connectivity index (χ3v) is 5.09. The van der Waals surface area contributed by atoms with Crippen LogP contribution in [0.15, 0.2) is 18.2 Å². The largest absolute Gasteiger partial charge is 0.481 e. The summed E-state index contributed by atoms with van der Waals surface area (Å²) in [5.74, 6) is -2.32. The van der Waals surface area contributed by atoms with Crippen LogP contribution in [0.2, 0.25) is 0 Å². The first kappa shape index (κ1) is 16.5. The Hall–Kier alpha value is -2.37. The molecular formula is C18H22N2O4. The van der Waals surface area contributed by atoms with Gasteiger partial charge in [-0.1, -0.05) is 19.9 Å². The molecule has 0 heterocycles. The summed E-state index contributed by atoms with van der Waals surface area (Å²) in [5, 5.41) is 14.9. The molecule has 2 aliphatic rings. The Kier molecular flexibility index (Phi) is 3.86. The van der Waals surface area contributed by atoms with Crippen molar-refractivity contribution in [2.24, 2.45) is 23.2 Å². The number of hydrogen-bond donors (Lipinski definition) is 3. The van der Waals surface area contributed by atoms with E-state index in [-0.39, 0.29) is 17.7 Å². The lowest BCUT2D eigenvalue weighted by molar-refractivity contribution is -0.140. The average molecular weight is 330 g/mol. The van der Waals surface area contributed by atoms with Gasteiger partial charge in [-0.05, 0) is 42.9 Å². The molecule has 2 amide bonds. The van der Waals surface area contributed by atoms with Gasteiger partial charge < -0.3 is 15.7 Å². The average Bonchev–Trinajstić information content (AvgIpc) is 3.37. The van der Waals surface area contributed by atoms with Gasteiger partial charge in [-0.3, -0.25) is 14.4 Å². The summed E-state index contributed by atoms with van der Waals surface area (Å²) >= 11 is 0. The molecule has 3 N–H and O–H groups in total. The van der Waals surface area contributed by atoms with Crippen LogP contribution in [-0.4, -0.2) is 22.9 Å². The predicted molar refractivity (Wildman–Crippen MR) is 89.6 cm³/mol. The number of anilines is 2. The van der Waals surface area contributed by atoms with Crippen LogP contribution >= 0.6 is 0 Å². The van der Waals surface area contributed by atoms with Gasteiger partial charge in [0.15, 0.2) is 0 Å². The maximum absolute atomic E-state index is 12.4. The normalized spacial score (nSPS) is 24.1. The van der Waals surface area contributed by atoms with Crippen molar-refractivity contribution in [3.63, 3.8) is 0 Å². The molecule has 0 bridgehead atoms. The fourth-order valence-corrected chi connectivity index (χ4v) is 3.22. The van der Waals surface area contributed by atoms with E-state index in [1.165, 1.54) is 0 Å². The van der Waals surface area contributed by atoms with Crippen LogP contribution in [0.5, 0.6) is 0 Å². The molecule has 128 valence electrons. The van der Waals surface area contributed by atoms with E-state index in [4.69, 9.17) is 0 Å². The molecule has 0 unspecified atom stereocenters. The minimum Gasteiger partial charge on any atom is -0.481 e. The first-order chi connectivity index (χ1) is 11.2. The molecule has 0 saturated heterocycles.